The zero-order valence-corrected chi connectivity index (χ0v) is 40.8. The minimum absolute atomic E-state index is 0.130. The Morgan fingerprint density at radius 1 is 0.250 bits per heavy atom. The molecule has 0 radical (unpaired) electrons. The maximum Gasteiger partial charge on any atom is 0.136 e. The quantitative estimate of drug-likeness (QED) is 0.137. The number of rotatable bonds is 10. The number of fused-ring (bicyclic) bond motifs is 8. The third kappa shape index (κ3) is 7.38. The molecule has 0 saturated heterocycles. The number of hydrogen-bond donors (Lipinski definition) is 0. The Morgan fingerprint density at radius 3 is 0.917 bits per heavy atom. The van der Waals surface area contributed by atoms with Crippen molar-refractivity contribution in [1.29, 1.82) is 0 Å². The van der Waals surface area contributed by atoms with E-state index in [1.807, 2.05) is 0 Å². The van der Waals surface area contributed by atoms with Crippen molar-refractivity contribution >= 4 is 99.5 Å². The fourth-order valence-electron chi connectivity index (χ4n) is 10.9. The number of para-hydroxylation sites is 2. The number of furan rings is 2. The highest BCUT2D eigenvalue weighted by Crippen LogP contribution is 2.44. The predicted molar refractivity (Wildman–Crippen MR) is 303 cm³/mol. The summed E-state index contributed by atoms with van der Waals surface area (Å²) in [6.45, 7) is 9.16. The number of benzene rings is 11. The van der Waals surface area contributed by atoms with E-state index in [0.29, 0.717) is 0 Å². The third-order valence-electron chi connectivity index (χ3n) is 15.2. The molecule has 0 aliphatic rings. The van der Waals surface area contributed by atoms with Crippen molar-refractivity contribution in [3.63, 3.8) is 0 Å². The largest absolute Gasteiger partial charge is 0.456 e. The van der Waals surface area contributed by atoms with E-state index < -0.39 is 0 Å². The van der Waals surface area contributed by atoms with Gasteiger partial charge in [-0.05, 0) is 153 Å². The minimum atomic E-state index is -0.130. The maximum atomic E-state index is 6.74. The topological polar surface area (TPSA) is 32.8 Å². The van der Waals surface area contributed by atoms with Gasteiger partial charge < -0.3 is 18.6 Å². The molecule has 0 aliphatic heterocycles. The summed E-state index contributed by atoms with van der Waals surface area (Å²) in [6.07, 6.45) is 0. The van der Waals surface area contributed by atoms with Gasteiger partial charge in [0.1, 0.15) is 22.3 Å². The normalized spacial score (nSPS) is 12.2. The molecule has 2 aromatic heterocycles. The summed E-state index contributed by atoms with van der Waals surface area (Å²) < 4.78 is 13.5. The summed E-state index contributed by atoms with van der Waals surface area (Å²) in [5.74, 6) is 0. The molecule has 0 N–H and O–H groups in total. The lowest BCUT2D eigenvalue weighted by atomic mass is 9.78. The van der Waals surface area contributed by atoms with E-state index in [9.17, 15) is 0 Å². The molecule has 346 valence electrons. The predicted octanol–water partition coefficient (Wildman–Crippen LogP) is 19.4. The Hall–Kier alpha value is -8.86. The molecule has 0 spiro atoms. The van der Waals surface area contributed by atoms with Crippen molar-refractivity contribution in [3.8, 4) is 0 Å². The first-order valence-corrected chi connectivity index (χ1v) is 24.9. The van der Waals surface area contributed by atoms with Crippen molar-refractivity contribution in [2.24, 2.45) is 0 Å². The Morgan fingerprint density at radius 2 is 0.542 bits per heavy atom. The summed E-state index contributed by atoms with van der Waals surface area (Å²) in [7, 11) is 0. The van der Waals surface area contributed by atoms with Crippen molar-refractivity contribution in [1.82, 2.24) is 0 Å². The first kappa shape index (κ1) is 43.2. The Balaban J connectivity index is 0.844. The molecule has 0 bridgehead atoms. The van der Waals surface area contributed by atoms with Gasteiger partial charge in [-0.1, -0.05) is 161 Å². The van der Waals surface area contributed by atoms with Gasteiger partial charge in [0.25, 0.3) is 0 Å². The second kappa shape index (κ2) is 16.9. The standard InChI is InChI=1S/C68H52N2O2/c1-67(2,49-17-9-5-10-18-49)51-27-33-55(34-28-51)69(53-21-13-7-14-22-53)57-31-25-45-39-59-61-43-66-62(44-65(61)71-63(59)41-47(45)37-57)60-40-46-26-32-58(38-48(46)42-64(60)72-66)70(54-23-15-8-16-24-54)56-35-29-52(30-36-56)68(3,4)50-19-11-6-12-20-50/h5-44H,1-4H3. The summed E-state index contributed by atoms with van der Waals surface area (Å²) in [5, 5.41) is 8.71. The van der Waals surface area contributed by atoms with Gasteiger partial charge in [-0.15, -0.1) is 0 Å². The van der Waals surface area contributed by atoms with E-state index in [4.69, 9.17) is 8.83 Å². The lowest BCUT2D eigenvalue weighted by Gasteiger charge is -2.29. The first-order valence-electron chi connectivity index (χ1n) is 24.9. The fraction of sp³-hybridized carbons (Fsp3) is 0.0882. The van der Waals surface area contributed by atoms with Crippen LogP contribution in [0.3, 0.4) is 0 Å². The van der Waals surface area contributed by atoms with Crippen molar-refractivity contribution in [3.05, 3.63) is 265 Å². The van der Waals surface area contributed by atoms with Gasteiger partial charge >= 0.3 is 0 Å². The number of anilines is 6. The average molecular weight is 929 g/mol. The minimum Gasteiger partial charge on any atom is -0.456 e. The molecular formula is C68H52N2O2. The highest BCUT2D eigenvalue weighted by Gasteiger charge is 2.26. The lowest BCUT2D eigenvalue weighted by Crippen LogP contribution is -2.19. The van der Waals surface area contributed by atoms with Gasteiger partial charge in [0, 0.05) is 66.5 Å². The van der Waals surface area contributed by atoms with Crippen LogP contribution in [0.4, 0.5) is 34.1 Å². The molecule has 2 heterocycles. The second-order valence-corrected chi connectivity index (χ2v) is 20.2. The maximum absolute atomic E-state index is 6.74. The molecule has 0 saturated carbocycles. The van der Waals surface area contributed by atoms with Crippen LogP contribution < -0.4 is 9.80 Å². The summed E-state index contributed by atoms with van der Waals surface area (Å²) >= 11 is 0. The second-order valence-electron chi connectivity index (χ2n) is 20.2. The van der Waals surface area contributed by atoms with Crippen molar-refractivity contribution in [2.75, 3.05) is 9.80 Å². The van der Waals surface area contributed by atoms with Gasteiger partial charge in [0.15, 0.2) is 0 Å². The van der Waals surface area contributed by atoms with Crippen LogP contribution in [-0.4, -0.2) is 0 Å². The zero-order chi connectivity index (χ0) is 48.6. The monoisotopic (exact) mass is 928 g/mol. The zero-order valence-electron chi connectivity index (χ0n) is 40.8. The molecule has 13 rings (SSSR count). The van der Waals surface area contributed by atoms with Crippen LogP contribution in [0.5, 0.6) is 0 Å². The van der Waals surface area contributed by atoms with Crippen LogP contribution in [0.1, 0.15) is 49.9 Å². The Labute approximate surface area is 419 Å². The van der Waals surface area contributed by atoms with Crippen LogP contribution in [0.15, 0.2) is 251 Å². The van der Waals surface area contributed by atoms with Crippen LogP contribution in [-0.2, 0) is 10.8 Å². The number of hydrogen-bond acceptors (Lipinski definition) is 4. The van der Waals surface area contributed by atoms with Crippen LogP contribution in [0, 0.1) is 0 Å². The molecule has 72 heavy (non-hydrogen) atoms. The molecule has 11 aromatic carbocycles. The van der Waals surface area contributed by atoms with E-state index in [2.05, 4.69) is 280 Å². The van der Waals surface area contributed by atoms with Crippen LogP contribution >= 0.6 is 0 Å². The molecule has 0 fully saturated rings. The van der Waals surface area contributed by atoms with E-state index in [1.165, 1.54) is 22.3 Å². The SMILES string of the molecule is CC(C)(c1ccccc1)c1ccc(N(c2ccccc2)c2ccc3cc4c(cc3c2)oc2cc3c(cc24)oc2cc4cc(N(c5ccccc5)c5ccc(C(C)(C)c6ccccc6)cc5)ccc4cc23)cc1. The molecule has 0 amide bonds. The summed E-state index contributed by atoms with van der Waals surface area (Å²) in [4.78, 5) is 4.66. The van der Waals surface area contributed by atoms with Crippen LogP contribution in [0.2, 0.25) is 0 Å². The molecule has 4 nitrogen and oxygen atoms in total. The van der Waals surface area contributed by atoms with Crippen molar-refractivity contribution in [2.45, 2.75) is 38.5 Å². The number of nitrogens with zero attached hydrogens (tertiary/aromatic N) is 2. The molecule has 13 aromatic rings. The average Bonchev–Trinajstić information content (AvgIpc) is 3.95. The van der Waals surface area contributed by atoms with Gasteiger partial charge in [0.2, 0.25) is 0 Å². The smallest absolute Gasteiger partial charge is 0.136 e. The molecule has 0 unspecified atom stereocenters. The highest BCUT2D eigenvalue weighted by atomic mass is 16.3. The summed E-state index contributed by atoms with van der Waals surface area (Å²) in [5.41, 5.74) is 14.8. The van der Waals surface area contributed by atoms with Gasteiger partial charge in [-0.2, -0.15) is 0 Å². The third-order valence-corrected chi connectivity index (χ3v) is 15.2. The van der Waals surface area contributed by atoms with Gasteiger partial charge in [-0.3, -0.25) is 0 Å². The molecule has 4 heteroatoms. The van der Waals surface area contributed by atoms with E-state index in [1.54, 1.807) is 0 Å². The summed E-state index contributed by atoms with van der Waals surface area (Å²) in [6, 6.07) is 87.4. The van der Waals surface area contributed by atoms with Crippen LogP contribution in [0.25, 0.3) is 65.4 Å². The molecule has 0 atom stereocenters. The Kier molecular flexibility index (Phi) is 10.2. The Bertz CT molecular complexity index is 3850. The fourth-order valence-corrected chi connectivity index (χ4v) is 10.9. The lowest BCUT2D eigenvalue weighted by molar-refractivity contribution is 0.641. The molecule has 0 aliphatic carbocycles. The van der Waals surface area contributed by atoms with E-state index >= 15 is 0 Å². The van der Waals surface area contributed by atoms with Gasteiger partial charge in [-0.25, -0.2) is 0 Å². The first-order chi connectivity index (χ1) is 35.2. The van der Waals surface area contributed by atoms with E-state index in [-0.39, 0.29) is 10.8 Å². The van der Waals surface area contributed by atoms with Gasteiger partial charge in [0.05, 0.1) is 0 Å². The molecular weight excluding hydrogens is 877 g/mol. The van der Waals surface area contributed by atoms with Crippen molar-refractivity contribution < 1.29 is 8.83 Å². The van der Waals surface area contributed by atoms with E-state index in [0.717, 1.165) is 99.5 Å². The highest BCUT2D eigenvalue weighted by molar-refractivity contribution is 6.18.